The van der Waals surface area contributed by atoms with Crippen molar-refractivity contribution in [3.63, 3.8) is 0 Å². The first kappa shape index (κ1) is 26.6. The molecule has 1 aliphatic rings. The number of ether oxygens (including phenoxy) is 2. The van der Waals surface area contributed by atoms with Gasteiger partial charge in [-0.05, 0) is 6.42 Å². The second-order valence-electron chi connectivity index (χ2n) is 7.04. The molecule has 0 aromatic heterocycles. The van der Waals surface area contributed by atoms with E-state index in [1.54, 1.807) is 13.8 Å². The van der Waals surface area contributed by atoms with E-state index in [2.05, 4.69) is 10.1 Å². The molecule has 0 bridgehead atoms. The smallest absolute Gasteiger partial charge is 0.469 e. The molecule has 0 aliphatic carbocycles. The zero-order chi connectivity index (χ0) is 22.8. The van der Waals surface area contributed by atoms with Gasteiger partial charge < -0.3 is 14.8 Å². The summed E-state index contributed by atoms with van der Waals surface area (Å²) in [7, 11) is -2.87. The topological polar surface area (TPSA) is 144 Å². The third-order valence-electron chi connectivity index (χ3n) is 3.94. The van der Waals surface area contributed by atoms with Crippen LogP contribution in [0.4, 0.5) is 4.79 Å². The van der Waals surface area contributed by atoms with Gasteiger partial charge in [-0.1, -0.05) is 25.6 Å². The molecule has 30 heavy (non-hydrogen) atoms. The van der Waals surface area contributed by atoms with Crippen molar-refractivity contribution in [3.8, 4) is 0 Å². The Morgan fingerprint density at radius 3 is 2.57 bits per heavy atom. The third-order valence-corrected chi connectivity index (χ3v) is 6.09. The van der Waals surface area contributed by atoms with Crippen LogP contribution in [0.3, 0.4) is 0 Å². The first-order valence-electron chi connectivity index (χ1n) is 9.20. The molecule has 0 spiro atoms. The number of carbonyl (C=O) groups excluding carboxylic acids is 4. The molecule has 1 amide bonds. The average Bonchev–Trinajstić information content (AvgIpc) is 2.67. The lowest BCUT2D eigenvalue weighted by Crippen LogP contribution is -2.45. The monoisotopic (exact) mass is 469 g/mol. The number of hydrogen-bond donors (Lipinski definition) is 1. The highest BCUT2D eigenvalue weighted by atomic mass is 32.2. The number of ketones is 1. The van der Waals surface area contributed by atoms with Crippen LogP contribution in [0.5, 0.6) is 0 Å². The number of esters is 1. The van der Waals surface area contributed by atoms with Gasteiger partial charge in [-0.2, -0.15) is 0 Å². The molecule has 1 rings (SSSR count). The minimum atomic E-state index is -4.13. The van der Waals surface area contributed by atoms with Gasteiger partial charge in [-0.3, -0.25) is 23.4 Å². The van der Waals surface area contributed by atoms with E-state index < -0.39 is 38.2 Å². The Morgan fingerprint density at radius 2 is 1.93 bits per heavy atom. The summed E-state index contributed by atoms with van der Waals surface area (Å²) in [6.07, 6.45) is -1.54. The van der Waals surface area contributed by atoms with Gasteiger partial charge in [0.05, 0.1) is 13.7 Å². The number of phosphoric ester groups is 1. The minimum absolute atomic E-state index is 0.0282. The minimum Gasteiger partial charge on any atom is -0.469 e. The lowest BCUT2D eigenvalue weighted by Gasteiger charge is -2.39. The van der Waals surface area contributed by atoms with Crippen molar-refractivity contribution in [3.05, 3.63) is 0 Å². The quantitative estimate of drug-likeness (QED) is 0.206. The van der Waals surface area contributed by atoms with E-state index in [0.29, 0.717) is 5.75 Å². The molecule has 2 atom stereocenters. The van der Waals surface area contributed by atoms with Gasteiger partial charge in [0, 0.05) is 37.5 Å². The Hall–Kier alpha value is -1.46. The van der Waals surface area contributed by atoms with Gasteiger partial charge in [0.1, 0.15) is 6.10 Å². The molecule has 0 aromatic carbocycles. The van der Waals surface area contributed by atoms with Crippen LogP contribution in [0.15, 0.2) is 0 Å². The van der Waals surface area contributed by atoms with Crippen LogP contribution in [-0.4, -0.2) is 61.9 Å². The van der Waals surface area contributed by atoms with Crippen LogP contribution in [0.1, 0.15) is 40.0 Å². The standard InChI is InChI=1S/C17H28NO10PS/c1-12(19)30-9-8-18-16(22)25-11-27-29(23)26-10-17(2,3)15(28-29)13(20)6-5-7-14(21)24-4/h15H,5-11H2,1-4H3,(H,18,22)/t15-,29?/m0/s1. The molecule has 0 radical (unpaired) electrons. The third kappa shape index (κ3) is 9.57. The maximum atomic E-state index is 12.6. The number of Topliss-reactive ketones (excluding diaryl/α,β-unsaturated/α-hetero) is 1. The molecular formula is C17H28NO10PS. The number of phosphoric acid groups is 1. The van der Waals surface area contributed by atoms with Crippen LogP contribution >= 0.6 is 19.6 Å². The Labute approximate surface area is 179 Å². The normalized spacial score (nSPS) is 22.7. The van der Waals surface area contributed by atoms with Gasteiger partial charge >= 0.3 is 19.9 Å². The Bertz CT molecular complexity index is 683. The van der Waals surface area contributed by atoms with Gasteiger partial charge in [0.2, 0.25) is 6.79 Å². The van der Waals surface area contributed by atoms with Crippen LogP contribution in [0.25, 0.3) is 0 Å². The van der Waals surface area contributed by atoms with Gasteiger partial charge in [-0.25, -0.2) is 13.9 Å². The number of alkyl carbamates (subject to hydrolysis) is 1. The highest BCUT2D eigenvalue weighted by Crippen LogP contribution is 2.57. The summed E-state index contributed by atoms with van der Waals surface area (Å²) in [5.74, 6) is -0.401. The fourth-order valence-electron chi connectivity index (χ4n) is 2.37. The summed E-state index contributed by atoms with van der Waals surface area (Å²) in [6.45, 7) is 4.24. The molecule has 1 heterocycles. The molecule has 1 unspecified atom stereocenters. The van der Waals surface area contributed by atoms with Crippen LogP contribution < -0.4 is 5.32 Å². The van der Waals surface area contributed by atoms with E-state index in [1.165, 1.54) is 14.0 Å². The summed E-state index contributed by atoms with van der Waals surface area (Å²) in [6, 6.07) is 0. The van der Waals surface area contributed by atoms with Crippen LogP contribution in [0.2, 0.25) is 0 Å². The zero-order valence-corrected chi connectivity index (χ0v) is 19.2. The maximum Gasteiger partial charge on any atom is 0.478 e. The second kappa shape index (κ2) is 12.4. The largest absolute Gasteiger partial charge is 0.478 e. The molecule has 13 heteroatoms. The van der Waals surface area contributed by atoms with Crippen molar-refractivity contribution in [2.45, 2.75) is 46.1 Å². The molecule has 172 valence electrons. The summed E-state index contributed by atoms with van der Waals surface area (Å²) < 4.78 is 37.4. The number of carbonyl (C=O) groups is 4. The SMILES string of the molecule is COC(=O)CCCC(=O)[C@@H]1OP(=O)(OCOC(=O)NCCSC(C)=O)OCC1(C)C. The first-order chi connectivity index (χ1) is 14.0. The van der Waals surface area contributed by atoms with E-state index in [-0.39, 0.29) is 43.3 Å². The predicted molar refractivity (Wildman–Crippen MR) is 107 cm³/mol. The first-order valence-corrected chi connectivity index (χ1v) is 11.6. The van der Waals surface area contributed by atoms with Crippen LogP contribution in [-0.2, 0) is 42.0 Å². The summed E-state index contributed by atoms with van der Waals surface area (Å²) >= 11 is 1.05. The van der Waals surface area contributed by atoms with Crippen LogP contribution in [0, 0.1) is 5.41 Å². The average molecular weight is 469 g/mol. The lowest BCUT2D eigenvalue weighted by atomic mass is 9.84. The number of rotatable bonds is 11. The molecular weight excluding hydrogens is 441 g/mol. The predicted octanol–water partition coefficient (Wildman–Crippen LogP) is 2.43. The zero-order valence-electron chi connectivity index (χ0n) is 17.5. The van der Waals surface area contributed by atoms with E-state index in [4.69, 9.17) is 18.3 Å². The van der Waals surface area contributed by atoms with Gasteiger partial charge in [-0.15, -0.1) is 0 Å². The molecule has 0 aromatic rings. The second-order valence-corrected chi connectivity index (χ2v) is 9.93. The van der Waals surface area contributed by atoms with Gasteiger partial charge in [0.15, 0.2) is 10.9 Å². The molecule has 1 fully saturated rings. The van der Waals surface area contributed by atoms with E-state index >= 15 is 0 Å². The number of amides is 1. The van der Waals surface area contributed by atoms with Crippen molar-refractivity contribution >= 4 is 42.5 Å². The molecule has 11 nitrogen and oxygen atoms in total. The summed E-state index contributed by atoms with van der Waals surface area (Å²) in [5.41, 5.74) is -0.772. The van der Waals surface area contributed by atoms with E-state index in [1.807, 2.05) is 0 Å². The van der Waals surface area contributed by atoms with Crippen molar-refractivity contribution in [1.29, 1.82) is 0 Å². The van der Waals surface area contributed by atoms with Crippen molar-refractivity contribution in [1.82, 2.24) is 5.32 Å². The molecule has 1 saturated heterocycles. The number of hydrogen-bond acceptors (Lipinski definition) is 11. The maximum absolute atomic E-state index is 12.6. The lowest BCUT2D eigenvalue weighted by molar-refractivity contribution is -0.142. The number of nitrogens with one attached hydrogen (secondary N) is 1. The Balaban J connectivity index is 2.48. The van der Waals surface area contributed by atoms with Gasteiger partial charge in [0.25, 0.3) is 0 Å². The number of methoxy groups -OCH3 is 1. The highest BCUT2D eigenvalue weighted by Gasteiger charge is 2.48. The molecule has 1 aliphatic heterocycles. The highest BCUT2D eigenvalue weighted by molar-refractivity contribution is 8.13. The van der Waals surface area contributed by atoms with Crippen molar-refractivity contribution < 1.29 is 46.8 Å². The fourth-order valence-corrected chi connectivity index (χ4v) is 4.39. The summed E-state index contributed by atoms with van der Waals surface area (Å²) in [5, 5.41) is 2.31. The Morgan fingerprint density at radius 1 is 1.23 bits per heavy atom. The van der Waals surface area contributed by atoms with Crippen molar-refractivity contribution in [2.75, 3.05) is 32.8 Å². The molecule has 0 saturated carbocycles. The van der Waals surface area contributed by atoms with Crippen molar-refractivity contribution in [2.24, 2.45) is 5.41 Å². The number of thioether (sulfide) groups is 1. The van der Waals surface area contributed by atoms with E-state index in [9.17, 15) is 23.7 Å². The fraction of sp³-hybridized carbons (Fsp3) is 0.765. The summed E-state index contributed by atoms with van der Waals surface area (Å²) in [4.78, 5) is 46.0. The van der Waals surface area contributed by atoms with E-state index in [0.717, 1.165) is 11.8 Å². The Kier molecular flexibility index (Phi) is 11.0. The molecule has 1 N–H and O–H groups in total.